The first-order chi connectivity index (χ1) is 13.5. The number of hydrogen-bond acceptors (Lipinski definition) is 7. The maximum absolute atomic E-state index is 11.8. The van der Waals surface area contributed by atoms with E-state index in [1.165, 1.54) is 12.0 Å². The van der Waals surface area contributed by atoms with Crippen LogP contribution in [0.1, 0.15) is 20.8 Å². The van der Waals surface area contributed by atoms with Crippen molar-refractivity contribution in [2.45, 2.75) is 26.8 Å². The van der Waals surface area contributed by atoms with Crippen molar-refractivity contribution in [3.8, 4) is 11.5 Å². The normalized spacial score (nSPS) is 17.5. The number of aromatic nitrogens is 2. The van der Waals surface area contributed by atoms with Crippen molar-refractivity contribution in [2.24, 2.45) is 5.41 Å². The number of ether oxygens (including phenoxy) is 1. The smallest absolute Gasteiger partial charge is 0.407 e. The van der Waals surface area contributed by atoms with E-state index in [0.717, 1.165) is 5.39 Å². The van der Waals surface area contributed by atoms with Gasteiger partial charge in [0.15, 0.2) is 11.5 Å². The van der Waals surface area contributed by atoms with Crippen LogP contribution in [0.2, 0.25) is 0 Å². The van der Waals surface area contributed by atoms with E-state index in [0.29, 0.717) is 42.7 Å². The highest BCUT2D eigenvalue weighted by atomic mass is 16.5. The standard InChI is InChI=1S/C20H29N5O4/c1-20(2,3)16-11-24(7-8-25(16)19(27)28)17-12-9-15(29-6)14(26)10-13(12)21-18(22-17)23(4)5/h9-10,16,26H,7-8,11H2,1-6H3,(H,27,28). The molecule has 1 aliphatic rings. The molecule has 2 heterocycles. The van der Waals surface area contributed by atoms with E-state index in [2.05, 4.69) is 9.88 Å². The minimum Gasteiger partial charge on any atom is -0.504 e. The number of fused-ring (bicyclic) bond motifs is 1. The van der Waals surface area contributed by atoms with Crippen molar-refractivity contribution in [1.82, 2.24) is 14.9 Å². The highest BCUT2D eigenvalue weighted by molar-refractivity contribution is 5.93. The lowest BCUT2D eigenvalue weighted by Crippen LogP contribution is -2.59. The third kappa shape index (κ3) is 3.94. The van der Waals surface area contributed by atoms with Crippen molar-refractivity contribution < 1.29 is 19.7 Å². The molecule has 2 N–H and O–H groups in total. The second-order valence-electron chi connectivity index (χ2n) is 8.59. The molecular formula is C20H29N5O4. The van der Waals surface area contributed by atoms with Crippen LogP contribution >= 0.6 is 0 Å². The maximum Gasteiger partial charge on any atom is 0.407 e. The fourth-order valence-electron chi connectivity index (χ4n) is 3.67. The number of nitrogens with zero attached hydrogens (tertiary/aromatic N) is 5. The van der Waals surface area contributed by atoms with Crippen molar-refractivity contribution in [3.63, 3.8) is 0 Å². The van der Waals surface area contributed by atoms with Gasteiger partial charge in [0.25, 0.3) is 0 Å². The predicted molar refractivity (Wildman–Crippen MR) is 112 cm³/mol. The lowest BCUT2D eigenvalue weighted by molar-refractivity contribution is 0.0747. The van der Waals surface area contributed by atoms with Gasteiger partial charge in [0.05, 0.1) is 18.7 Å². The van der Waals surface area contributed by atoms with Crippen molar-refractivity contribution in [2.75, 3.05) is 50.6 Å². The minimum atomic E-state index is -0.905. The van der Waals surface area contributed by atoms with E-state index in [-0.39, 0.29) is 17.2 Å². The van der Waals surface area contributed by atoms with Gasteiger partial charge >= 0.3 is 6.09 Å². The van der Waals surface area contributed by atoms with Crippen LogP contribution in [-0.2, 0) is 0 Å². The van der Waals surface area contributed by atoms with E-state index in [4.69, 9.17) is 9.72 Å². The van der Waals surface area contributed by atoms with Crippen LogP contribution in [0, 0.1) is 5.41 Å². The summed E-state index contributed by atoms with van der Waals surface area (Å²) in [6.45, 7) is 7.54. The van der Waals surface area contributed by atoms with E-state index in [1.807, 2.05) is 34.9 Å². The Bertz CT molecular complexity index is 925. The topological polar surface area (TPSA) is 102 Å². The van der Waals surface area contributed by atoms with E-state index in [1.54, 1.807) is 17.0 Å². The average molecular weight is 403 g/mol. The van der Waals surface area contributed by atoms with Gasteiger partial charge in [-0.2, -0.15) is 4.98 Å². The molecule has 1 atom stereocenters. The molecule has 9 heteroatoms. The lowest BCUT2D eigenvalue weighted by Gasteiger charge is -2.46. The third-order valence-electron chi connectivity index (χ3n) is 5.29. The molecular weight excluding hydrogens is 374 g/mol. The summed E-state index contributed by atoms with van der Waals surface area (Å²) < 4.78 is 5.28. The van der Waals surface area contributed by atoms with Gasteiger partial charge in [0.2, 0.25) is 5.95 Å². The summed E-state index contributed by atoms with van der Waals surface area (Å²) in [6.07, 6.45) is -0.905. The summed E-state index contributed by atoms with van der Waals surface area (Å²) in [5.41, 5.74) is 0.366. The highest BCUT2D eigenvalue weighted by Crippen LogP contribution is 2.37. The number of phenols is 1. The summed E-state index contributed by atoms with van der Waals surface area (Å²) in [6, 6.07) is 3.11. The first-order valence-electron chi connectivity index (χ1n) is 9.53. The van der Waals surface area contributed by atoms with Gasteiger partial charge in [-0.05, 0) is 11.5 Å². The summed E-state index contributed by atoms with van der Waals surface area (Å²) in [7, 11) is 5.21. The van der Waals surface area contributed by atoms with Crippen LogP contribution in [0.3, 0.4) is 0 Å². The molecule has 0 saturated carbocycles. The molecule has 2 aromatic rings. The Balaban J connectivity index is 2.13. The molecule has 3 rings (SSSR count). The number of piperazine rings is 1. The zero-order chi connectivity index (χ0) is 21.5. The molecule has 0 aliphatic carbocycles. The van der Waals surface area contributed by atoms with Crippen molar-refractivity contribution in [1.29, 1.82) is 0 Å². The minimum absolute atomic E-state index is 0.0117. The molecule has 0 radical (unpaired) electrons. The number of anilines is 2. The molecule has 0 bridgehead atoms. The molecule has 1 fully saturated rings. The summed E-state index contributed by atoms with van der Waals surface area (Å²) in [5.74, 6) is 1.58. The fourth-order valence-corrected chi connectivity index (χ4v) is 3.67. The molecule has 0 spiro atoms. The quantitative estimate of drug-likeness (QED) is 0.806. The Hall–Kier alpha value is -2.97. The van der Waals surface area contributed by atoms with Crippen LogP contribution in [0.5, 0.6) is 11.5 Å². The molecule has 9 nitrogen and oxygen atoms in total. The molecule has 1 aromatic heterocycles. The first kappa shape index (κ1) is 20.8. The Kier molecular flexibility index (Phi) is 5.34. The fraction of sp³-hybridized carbons (Fsp3) is 0.550. The average Bonchev–Trinajstić information content (AvgIpc) is 2.65. The number of hydrogen-bond donors (Lipinski definition) is 2. The van der Waals surface area contributed by atoms with Crippen LogP contribution in [0.15, 0.2) is 12.1 Å². The Labute approximate surface area is 170 Å². The monoisotopic (exact) mass is 403 g/mol. The Morgan fingerprint density at radius 1 is 1.24 bits per heavy atom. The van der Waals surface area contributed by atoms with Gasteiger partial charge in [-0.1, -0.05) is 20.8 Å². The molecule has 158 valence electrons. The zero-order valence-corrected chi connectivity index (χ0v) is 17.8. The number of rotatable bonds is 3. The summed E-state index contributed by atoms with van der Waals surface area (Å²) in [5, 5.41) is 20.6. The van der Waals surface area contributed by atoms with E-state index >= 15 is 0 Å². The van der Waals surface area contributed by atoms with Crippen molar-refractivity contribution >= 4 is 28.8 Å². The van der Waals surface area contributed by atoms with Gasteiger partial charge in [0, 0.05) is 45.2 Å². The third-order valence-corrected chi connectivity index (χ3v) is 5.29. The van der Waals surface area contributed by atoms with Crippen LogP contribution in [-0.4, -0.2) is 78.1 Å². The van der Waals surface area contributed by atoms with Gasteiger partial charge in [-0.15, -0.1) is 0 Å². The summed E-state index contributed by atoms with van der Waals surface area (Å²) in [4.78, 5) is 26.5. The van der Waals surface area contributed by atoms with Gasteiger partial charge in [-0.3, -0.25) is 0 Å². The van der Waals surface area contributed by atoms with E-state index in [9.17, 15) is 15.0 Å². The number of benzene rings is 1. The molecule has 29 heavy (non-hydrogen) atoms. The number of aromatic hydroxyl groups is 1. The predicted octanol–water partition coefficient (Wildman–Crippen LogP) is 2.62. The van der Waals surface area contributed by atoms with Crippen LogP contribution in [0.4, 0.5) is 16.6 Å². The number of phenolic OH excluding ortho intramolecular Hbond substituents is 1. The maximum atomic E-state index is 11.8. The SMILES string of the molecule is COc1cc2c(N3CCN(C(=O)O)C(C(C)(C)C)C3)nc(N(C)C)nc2cc1O. The lowest BCUT2D eigenvalue weighted by atomic mass is 9.84. The summed E-state index contributed by atoms with van der Waals surface area (Å²) >= 11 is 0. The van der Waals surface area contributed by atoms with Crippen LogP contribution in [0.25, 0.3) is 10.9 Å². The second-order valence-corrected chi connectivity index (χ2v) is 8.59. The Morgan fingerprint density at radius 3 is 2.48 bits per heavy atom. The highest BCUT2D eigenvalue weighted by Gasteiger charge is 2.39. The zero-order valence-electron chi connectivity index (χ0n) is 17.8. The second kappa shape index (κ2) is 7.46. The van der Waals surface area contributed by atoms with Crippen LogP contribution < -0.4 is 14.5 Å². The molecule has 1 aromatic carbocycles. The number of amides is 1. The molecule has 1 aliphatic heterocycles. The number of carboxylic acid groups (broad SMARTS) is 1. The van der Waals surface area contributed by atoms with Crippen molar-refractivity contribution in [3.05, 3.63) is 12.1 Å². The van der Waals surface area contributed by atoms with Gasteiger partial charge < -0.3 is 29.6 Å². The number of methoxy groups -OCH3 is 1. The molecule has 1 amide bonds. The number of carbonyl (C=O) groups is 1. The largest absolute Gasteiger partial charge is 0.504 e. The van der Waals surface area contributed by atoms with Gasteiger partial charge in [0.1, 0.15) is 5.82 Å². The molecule has 1 saturated heterocycles. The Morgan fingerprint density at radius 2 is 1.93 bits per heavy atom. The van der Waals surface area contributed by atoms with E-state index < -0.39 is 6.09 Å². The molecule has 1 unspecified atom stereocenters. The van der Waals surface area contributed by atoms with Gasteiger partial charge in [-0.25, -0.2) is 9.78 Å². The first-order valence-corrected chi connectivity index (χ1v) is 9.53.